The standard InChI is InChI=1S/C22H13BrO2/c23-17-11-9-14(10-12-17)21(24)22(25)20-18-7-3-1-5-15(18)13-16-6-2-4-8-19(16)20/h1-13H. The van der Waals surface area contributed by atoms with Crippen LogP contribution in [-0.4, -0.2) is 11.6 Å². The van der Waals surface area contributed by atoms with E-state index in [0.29, 0.717) is 11.1 Å². The molecule has 0 aromatic heterocycles. The van der Waals surface area contributed by atoms with Crippen molar-refractivity contribution in [2.45, 2.75) is 0 Å². The fourth-order valence-electron chi connectivity index (χ4n) is 3.10. The Bertz CT molecular complexity index is 1070. The molecule has 4 aromatic carbocycles. The zero-order chi connectivity index (χ0) is 17.4. The van der Waals surface area contributed by atoms with E-state index < -0.39 is 11.6 Å². The van der Waals surface area contributed by atoms with Gasteiger partial charge in [-0.3, -0.25) is 9.59 Å². The number of benzene rings is 4. The lowest BCUT2D eigenvalue weighted by Crippen LogP contribution is -2.15. The van der Waals surface area contributed by atoms with Gasteiger partial charge < -0.3 is 0 Å². The Hall–Kier alpha value is -2.78. The first kappa shape index (κ1) is 15.7. The lowest BCUT2D eigenvalue weighted by atomic mass is 9.91. The molecule has 0 saturated heterocycles. The molecule has 0 N–H and O–H groups in total. The average molecular weight is 389 g/mol. The molecule has 0 aliphatic carbocycles. The first-order chi connectivity index (χ1) is 12.1. The summed E-state index contributed by atoms with van der Waals surface area (Å²) in [5.41, 5.74) is 0.867. The molecule has 0 aliphatic rings. The Morgan fingerprint density at radius 3 is 1.72 bits per heavy atom. The molecule has 0 aliphatic heterocycles. The summed E-state index contributed by atoms with van der Waals surface area (Å²) < 4.78 is 0.868. The summed E-state index contributed by atoms with van der Waals surface area (Å²) in [6.07, 6.45) is 0. The Kier molecular flexibility index (Phi) is 3.94. The number of hydrogen-bond acceptors (Lipinski definition) is 2. The highest BCUT2D eigenvalue weighted by Gasteiger charge is 2.22. The Labute approximate surface area is 153 Å². The van der Waals surface area contributed by atoms with Crippen molar-refractivity contribution in [1.29, 1.82) is 0 Å². The van der Waals surface area contributed by atoms with Crippen molar-refractivity contribution in [2.75, 3.05) is 0 Å². The molecule has 0 unspecified atom stereocenters. The van der Waals surface area contributed by atoms with Gasteiger partial charge in [-0.2, -0.15) is 0 Å². The highest BCUT2D eigenvalue weighted by molar-refractivity contribution is 9.10. The van der Waals surface area contributed by atoms with Crippen LogP contribution in [0.5, 0.6) is 0 Å². The number of hydrogen-bond donors (Lipinski definition) is 0. The number of ketones is 2. The molecule has 25 heavy (non-hydrogen) atoms. The second-order valence-electron chi connectivity index (χ2n) is 5.86. The van der Waals surface area contributed by atoms with Gasteiger partial charge in [0.25, 0.3) is 0 Å². The molecule has 0 atom stereocenters. The van der Waals surface area contributed by atoms with E-state index in [0.717, 1.165) is 26.0 Å². The largest absolute Gasteiger partial charge is 0.285 e. The van der Waals surface area contributed by atoms with Crippen molar-refractivity contribution in [3.63, 3.8) is 0 Å². The summed E-state index contributed by atoms with van der Waals surface area (Å²) in [5.74, 6) is -0.968. The zero-order valence-electron chi connectivity index (χ0n) is 13.2. The van der Waals surface area contributed by atoms with E-state index >= 15 is 0 Å². The quantitative estimate of drug-likeness (QED) is 0.251. The summed E-state index contributed by atoms with van der Waals surface area (Å²) in [5, 5.41) is 3.51. The van der Waals surface area contributed by atoms with Gasteiger partial charge in [-0.05, 0) is 51.9 Å². The van der Waals surface area contributed by atoms with E-state index in [1.165, 1.54) is 0 Å². The van der Waals surface area contributed by atoms with Crippen LogP contribution in [0.25, 0.3) is 21.5 Å². The van der Waals surface area contributed by atoms with Gasteiger partial charge in [0.2, 0.25) is 11.6 Å². The summed E-state index contributed by atoms with van der Waals surface area (Å²) >= 11 is 3.35. The van der Waals surface area contributed by atoms with Crippen LogP contribution in [0.3, 0.4) is 0 Å². The third kappa shape index (κ3) is 2.77. The molecular weight excluding hydrogens is 376 g/mol. The van der Waals surface area contributed by atoms with Crippen molar-refractivity contribution >= 4 is 49.0 Å². The highest BCUT2D eigenvalue weighted by atomic mass is 79.9. The maximum atomic E-state index is 13.1. The van der Waals surface area contributed by atoms with Crippen LogP contribution < -0.4 is 0 Å². The van der Waals surface area contributed by atoms with Crippen LogP contribution in [-0.2, 0) is 0 Å². The first-order valence-corrected chi connectivity index (χ1v) is 8.69. The first-order valence-electron chi connectivity index (χ1n) is 7.90. The highest BCUT2D eigenvalue weighted by Crippen LogP contribution is 2.29. The third-order valence-electron chi connectivity index (χ3n) is 4.31. The molecule has 0 spiro atoms. The van der Waals surface area contributed by atoms with Gasteiger partial charge in [-0.15, -0.1) is 0 Å². The number of Topliss-reactive ketones (excluding diaryl/α,β-unsaturated/α-hetero) is 2. The SMILES string of the molecule is O=C(C(=O)c1c2ccccc2cc2ccccc12)c1ccc(Br)cc1. The van der Waals surface area contributed by atoms with Crippen molar-refractivity contribution in [2.24, 2.45) is 0 Å². The topological polar surface area (TPSA) is 34.1 Å². The van der Waals surface area contributed by atoms with Crippen LogP contribution in [0.1, 0.15) is 20.7 Å². The molecule has 4 aromatic rings. The van der Waals surface area contributed by atoms with E-state index in [-0.39, 0.29) is 0 Å². The van der Waals surface area contributed by atoms with Crippen LogP contribution in [0.15, 0.2) is 83.3 Å². The lowest BCUT2D eigenvalue weighted by molar-refractivity contribution is 0.0819. The molecule has 0 amide bonds. The maximum absolute atomic E-state index is 13.1. The Morgan fingerprint density at radius 2 is 1.16 bits per heavy atom. The number of carbonyl (C=O) groups is 2. The van der Waals surface area contributed by atoms with Crippen LogP contribution in [0.2, 0.25) is 0 Å². The fourth-order valence-corrected chi connectivity index (χ4v) is 3.37. The Balaban J connectivity index is 1.96. The second kappa shape index (κ2) is 6.26. The van der Waals surface area contributed by atoms with Gasteiger partial charge >= 0.3 is 0 Å². The van der Waals surface area contributed by atoms with E-state index in [2.05, 4.69) is 15.9 Å². The molecule has 2 nitrogen and oxygen atoms in total. The molecule has 0 radical (unpaired) electrons. The van der Waals surface area contributed by atoms with Gasteiger partial charge in [0.05, 0.1) is 0 Å². The van der Waals surface area contributed by atoms with Crippen molar-refractivity contribution < 1.29 is 9.59 Å². The monoisotopic (exact) mass is 388 g/mol. The summed E-state index contributed by atoms with van der Waals surface area (Å²) in [7, 11) is 0. The van der Waals surface area contributed by atoms with Crippen molar-refractivity contribution in [3.05, 3.63) is 94.5 Å². The van der Waals surface area contributed by atoms with Crippen molar-refractivity contribution in [3.8, 4) is 0 Å². The van der Waals surface area contributed by atoms with Crippen LogP contribution in [0, 0.1) is 0 Å². The molecule has 0 bridgehead atoms. The molecular formula is C22H13BrO2. The molecule has 0 fully saturated rings. The normalized spacial score (nSPS) is 10.9. The minimum absolute atomic E-state index is 0.394. The smallest absolute Gasteiger partial charge is 0.234 e. The minimum Gasteiger partial charge on any atom is -0.285 e. The number of rotatable bonds is 3. The average Bonchev–Trinajstić information content (AvgIpc) is 2.65. The third-order valence-corrected chi connectivity index (χ3v) is 4.84. The predicted molar refractivity (Wildman–Crippen MR) is 104 cm³/mol. The number of fused-ring (bicyclic) bond motifs is 2. The molecule has 4 rings (SSSR count). The zero-order valence-corrected chi connectivity index (χ0v) is 14.8. The van der Waals surface area contributed by atoms with Gasteiger partial charge in [0.1, 0.15) is 0 Å². The summed E-state index contributed by atoms with van der Waals surface area (Å²) in [6, 6.07) is 24.3. The van der Waals surface area contributed by atoms with E-state index in [4.69, 9.17) is 0 Å². The van der Waals surface area contributed by atoms with Crippen molar-refractivity contribution in [1.82, 2.24) is 0 Å². The molecule has 0 heterocycles. The second-order valence-corrected chi connectivity index (χ2v) is 6.77. The molecule has 120 valence electrons. The van der Waals surface area contributed by atoms with E-state index in [1.807, 2.05) is 54.6 Å². The van der Waals surface area contributed by atoms with Crippen LogP contribution in [0.4, 0.5) is 0 Å². The van der Waals surface area contributed by atoms with E-state index in [1.54, 1.807) is 24.3 Å². The van der Waals surface area contributed by atoms with Gasteiger partial charge in [-0.1, -0.05) is 64.5 Å². The van der Waals surface area contributed by atoms with Gasteiger partial charge in [0.15, 0.2) is 0 Å². The summed E-state index contributed by atoms with van der Waals surface area (Å²) in [4.78, 5) is 25.9. The van der Waals surface area contributed by atoms with Crippen LogP contribution >= 0.6 is 15.9 Å². The van der Waals surface area contributed by atoms with Gasteiger partial charge in [-0.25, -0.2) is 0 Å². The number of carbonyl (C=O) groups excluding carboxylic acids is 2. The minimum atomic E-state index is -0.492. The summed E-state index contributed by atoms with van der Waals surface area (Å²) in [6.45, 7) is 0. The fraction of sp³-hybridized carbons (Fsp3) is 0. The van der Waals surface area contributed by atoms with Gasteiger partial charge in [0, 0.05) is 15.6 Å². The lowest BCUT2D eigenvalue weighted by Gasteiger charge is -2.10. The molecule has 3 heteroatoms. The number of halogens is 1. The predicted octanol–water partition coefficient (Wildman–Crippen LogP) is 5.82. The molecule has 0 saturated carbocycles. The van der Waals surface area contributed by atoms with E-state index in [9.17, 15) is 9.59 Å². The Morgan fingerprint density at radius 1 is 0.640 bits per heavy atom. The maximum Gasteiger partial charge on any atom is 0.234 e.